The second kappa shape index (κ2) is 7.13. The molecule has 1 aromatic rings. The largest absolute Gasteiger partial charge is 0.396 e. The maximum atomic E-state index is 9.60. The predicted molar refractivity (Wildman–Crippen MR) is 76.2 cm³/mol. The Morgan fingerprint density at radius 2 is 1.89 bits per heavy atom. The Hall–Kier alpha value is -0.570. The molecule has 0 spiro atoms. The van der Waals surface area contributed by atoms with Gasteiger partial charge in [-0.3, -0.25) is 0 Å². The topological polar surface area (TPSA) is 23.5 Å². The van der Waals surface area contributed by atoms with Crippen LogP contribution in [0.3, 0.4) is 0 Å². The summed E-state index contributed by atoms with van der Waals surface area (Å²) in [6.45, 7) is 3.46. The van der Waals surface area contributed by atoms with E-state index in [-0.39, 0.29) is 12.5 Å². The van der Waals surface area contributed by atoms with Gasteiger partial charge in [-0.05, 0) is 43.6 Å². The van der Waals surface area contributed by atoms with Crippen molar-refractivity contribution in [2.75, 3.05) is 26.2 Å². The standard InChI is InChI=1S/C15H22ClNO/c16-15-7-5-6-13(10-15)14(12-18)11-17-8-3-1-2-4-9-17/h5-7,10,14,18H,1-4,8-9,11-12H2. The minimum Gasteiger partial charge on any atom is -0.396 e. The fourth-order valence-electron chi connectivity index (χ4n) is 2.66. The van der Waals surface area contributed by atoms with Crippen LogP contribution in [0.2, 0.25) is 5.02 Å². The highest BCUT2D eigenvalue weighted by atomic mass is 35.5. The second-order valence-corrected chi connectivity index (χ2v) is 5.59. The van der Waals surface area contributed by atoms with Crippen molar-refractivity contribution in [1.82, 2.24) is 4.90 Å². The van der Waals surface area contributed by atoms with Crippen LogP contribution in [-0.4, -0.2) is 36.2 Å². The summed E-state index contributed by atoms with van der Waals surface area (Å²) in [6, 6.07) is 7.87. The van der Waals surface area contributed by atoms with Crippen LogP contribution in [0.15, 0.2) is 24.3 Å². The number of hydrogen-bond donors (Lipinski definition) is 1. The highest BCUT2D eigenvalue weighted by molar-refractivity contribution is 6.30. The van der Waals surface area contributed by atoms with Crippen molar-refractivity contribution in [3.63, 3.8) is 0 Å². The summed E-state index contributed by atoms with van der Waals surface area (Å²) in [4.78, 5) is 2.48. The first-order valence-corrected chi connectivity index (χ1v) is 7.26. The normalized spacial score (nSPS) is 19.4. The molecular weight excluding hydrogens is 246 g/mol. The van der Waals surface area contributed by atoms with Crippen molar-refractivity contribution in [3.05, 3.63) is 34.9 Å². The van der Waals surface area contributed by atoms with Crippen LogP contribution in [0, 0.1) is 0 Å². The van der Waals surface area contributed by atoms with Gasteiger partial charge in [-0.25, -0.2) is 0 Å². The lowest BCUT2D eigenvalue weighted by molar-refractivity contribution is 0.204. The number of rotatable bonds is 4. The average Bonchev–Trinajstić information content (AvgIpc) is 2.64. The number of likely N-dealkylation sites (tertiary alicyclic amines) is 1. The molecule has 18 heavy (non-hydrogen) atoms. The van der Waals surface area contributed by atoms with Crippen LogP contribution < -0.4 is 0 Å². The van der Waals surface area contributed by atoms with Crippen LogP contribution in [0.1, 0.15) is 37.2 Å². The summed E-state index contributed by atoms with van der Waals surface area (Å²) in [5, 5.41) is 10.4. The third kappa shape index (κ3) is 3.98. The molecule has 1 unspecified atom stereocenters. The van der Waals surface area contributed by atoms with Crippen molar-refractivity contribution >= 4 is 11.6 Å². The molecule has 100 valence electrons. The van der Waals surface area contributed by atoms with E-state index in [1.54, 1.807) is 0 Å². The van der Waals surface area contributed by atoms with Crippen LogP contribution in [0.4, 0.5) is 0 Å². The number of aliphatic hydroxyl groups excluding tert-OH is 1. The Kier molecular flexibility index (Phi) is 5.48. The first-order chi connectivity index (χ1) is 8.79. The molecule has 1 aliphatic heterocycles. The van der Waals surface area contributed by atoms with Gasteiger partial charge in [0.15, 0.2) is 0 Å². The molecule has 3 heteroatoms. The third-order valence-electron chi connectivity index (χ3n) is 3.72. The highest BCUT2D eigenvalue weighted by Crippen LogP contribution is 2.22. The van der Waals surface area contributed by atoms with Crippen LogP contribution in [0.5, 0.6) is 0 Å². The van der Waals surface area contributed by atoms with Gasteiger partial charge < -0.3 is 10.0 Å². The van der Waals surface area contributed by atoms with Crippen molar-refractivity contribution in [3.8, 4) is 0 Å². The molecule has 2 nitrogen and oxygen atoms in total. The minimum absolute atomic E-state index is 0.182. The summed E-state index contributed by atoms with van der Waals surface area (Å²) < 4.78 is 0. The van der Waals surface area contributed by atoms with Gasteiger partial charge in [-0.2, -0.15) is 0 Å². The third-order valence-corrected chi connectivity index (χ3v) is 3.95. The zero-order valence-corrected chi connectivity index (χ0v) is 11.6. The Morgan fingerprint density at radius 3 is 2.50 bits per heavy atom. The van der Waals surface area contributed by atoms with E-state index in [1.807, 2.05) is 18.2 Å². The van der Waals surface area contributed by atoms with E-state index in [9.17, 15) is 5.11 Å². The summed E-state index contributed by atoms with van der Waals surface area (Å²) in [5.74, 6) is 0.182. The monoisotopic (exact) mass is 267 g/mol. The van der Waals surface area contributed by atoms with E-state index in [1.165, 1.54) is 25.7 Å². The van der Waals surface area contributed by atoms with Gasteiger partial charge in [-0.1, -0.05) is 36.6 Å². The van der Waals surface area contributed by atoms with E-state index in [0.29, 0.717) is 0 Å². The number of halogens is 1. The van der Waals surface area contributed by atoms with Crippen molar-refractivity contribution in [2.24, 2.45) is 0 Å². The quantitative estimate of drug-likeness (QED) is 0.905. The molecule has 1 aliphatic rings. The Labute approximate surface area is 115 Å². The second-order valence-electron chi connectivity index (χ2n) is 5.15. The van der Waals surface area contributed by atoms with Gasteiger partial charge in [0.1, 0.15) is 0 Å². The summed E-state index contributed by atoms with van der Waals surface area (Å²) in [5.41, 5.74) is 1.15. The van der Waals surface area contributed by atoms with Crippen LogP contribution >= 0.6 is 11.6 Å². The molecule has 0 amide bonds. The van der Waals surface area contributed by atoms with Gasteiger partial charge in [0.2, 0.25) is 0 Å². The molecule has 0 bridgehead atoms. The lowest BCUT2D eigenvalue weighted by Crippen LogP contribution is -2.31. The number of hydrogen-bond acceptors (Lipinski definition) is 2. The van der Waals surface area contributed by atoms with Gasteiger partial charge in [0.05, 0.1) is 6.61 Å². The molecule has 1 aromatic carbocycles. The Morgan fingerprint density at radius 1 is 1.17 bits per heavy atom. The molecule has 2 rings (SSSR count). The van der Waals surface area contributed by atoms with Crippen molar-refractivity contribution in [1.29, 1.82) is 0 Å². The average molecular weight is 268 g/mol. The van der Waals surface area contributed by atoms with Gasteiger partial charge in [0, 0.05) is 17.5 Å². The first-order valence-electron chi connectivity index (χ1n) is 6.88. The Bertz CT molecular complexity index is 361. The molecule has 0 saturated carbocycles. The molecule has 0 aromatic heterocycles. The Balaban J connectivity index is 1.99. The van der Waals surface area contributed by atoms with Crippen molar-refractivity contribution in [2.45, 2.75) is 31.6 Å². The van der Waals surface area contributed by atoms with Crippen LogP contribution in [-0.2, 0) is 0 Å². The molecule has 1 fully saturated rings. The van der Waals surface area contributed by atoms with Gasteiger partial charge >= 0.3 is 0 Å². The van der Waals surface area contributed by atoms with Crippen LogP contribution in [0.25, 0.3) is 0 Å². The molecule has 1 N–H and O–H groups in total. The molecule has 0 radical (unpaired) electrons. The molecule has 1 heterocycles. The SMILES string of the molecule is OCC(CN1CCCCCC1)c1cccc(Cl)c1. The van der Waals surface area contributed by atoms with E-state index in [4.69, 9.17) is 11.6 Å². The number of nitrogens with zero attached hydrogens (tertiary/aromatic N) is 1. The number of aliphatic hydroxyl groups is 1. The lowest BCUT2D eigenvalue weighted by Gasteiger charge is -2.25. The van der Waals surface area contributed by atoms with Gasteiger partial charge in [-0.15, -0.1) is 0 Å². The number of benzene rings is 1. The van der Waals surface area contributed by atoms with E-state index in [2.05, 4.69) is 11.0 Å². The molecule has 1 atom stereocenters. The van der Waals surface area contributed by atoms with Crippen molar-refractivity contribution < 1.29 is 5.11 Å². The maximum absolute atomic E-state index is 9.60. The molecule has 1 saturated heterocycles. The van der Waals surface area contributed by atoms with E-state index >= 15 is 0 Å². The molecule has 0 aliphatic carbocycles. The minimum atomic E-state index is 0.182. The molecular formula is C15H22ClNO. The fourth-order valence-corrected chi connectivity index (χ4v) is 2.86. The highest BCUT2D eigenvalue weighted by Gasteiger charge is 2.16. The van der Waals surface area contributed by atoms with Gasteiger partial charge in [0.25, 0.3) is 0 Å². The predicted octanol–water partition coefficient (Wildman–Crippen LogP) is 3.29. The summed E-state index contributed by atoms with van der Waals surface area (Å²) in [6.07, 6.45) is 5.26. The zero-order chi connectivity index (χ0) is 12.8. The first kappa shape index (κ1) is 13.9. The fraction of sp³-hybridized carbons (Fsp3) is 0.600. The smallest absolute Gasteiger partial charge is 0.0512 e. The van der Waals surface area contributed by atoms with E-state index in [0.717, 1.165) is 30.2 Å². The maximum Gasteiger partial charge on any atom is 0.0512 e. The summed E-state index contributed by atoms with van der Waals surface area (Å²) in [7, 11) is 0. The lowest BCUT2D eigenvalue weighted by atomic mass is 9.99. The van der Waals surface area contributed by atoms with E-state index < -0.39 is 0 Å². The summed E-state index contributed by atoms with van der Waals surface area (Å²) >= 11 is 6.02. The zero-order valence-electron chi connectivity index (χ0n) is 10.8.